The minimum absolute atomic E-state index is 0.514. The molecule has 1 heterocycles. The van der Waals surface area contributed by atoms with Crippen LogP contribution in [0.15, 0.2) is 35.8 Å². The Morgan fingerprint density at radius 2 is 1.94 bits per heavy atom. The second kappa shape index (κ2) is 4.76. The van der Waals surface area contributed by atoms with Gasteiger partial charge in [0.05, 0.1) is 4.88 Å². The van der Waals surface area contributed by atoms with Crippen molar-refractivity contribution in [2.75, 3.05) is 0 Å². The summed E-state index contributed by atoms with van der Waals surface area (Å²) in [7, 11) is 0. The lowest BCUT2D eigenvalue weighted by Crippen LogP contribution is -2.41. The van der Waals surface area contributed by atoms with Gasteiger partial charge >= 0.3 is 0 Å². The molecule has 0 saturated carbocycles. The lowest BCUT2D eigenvalue weighted by atomic mass is 10.1. The summed E-state index contributed by atoms with van der Waals surface area (Å²) in [5, 5.41) is 12.0. The summed E-state index contributed by atoms with van der Waals surface area (Å²) in [6, 6.07) is 9.55. The largest absolute Gasteiger partial charge is 0.844 e. The summed E-state index contributed by atoms with van der Waals surface area (Å²) in [5.41, 5.74) is 4.08. The van der Waals surface area contributed by atoms with Crippen molar-refractivity contribution in [2.45, 2.75) is 26.5 Å². The van der Waals surface area contributed by atoms with E-state index < -0.39 is 6.10 Å². The van der Waals surface area contributed by atoms with Crippen molar-refractivity contribution >= 4 is 11.3 Å². The second-order valence-electron chi connectivity index (χ2n) is 3.92. The maximum Gasteiger partial charge on any atom is 0.225 e. The summed E-state index contributed by atoms with van der Waals surface area (Å²) in [4.78, 5) is 1.28. The van der Waals surface area contributed by atoms with E-state index in [-0.39, 0.29) is 0 Å². The van der Waals surface area contributed by atoms with Gasteiger partial charge in [0.1, 0.15) is 6.54 Å². The van der Waals surface area contributed by atoms with Gasteiger partial charge in [-0.1, -0.05) is 47.2 Å². The first-order chi connectivity index (χ1) is 7.68. The molecule has 0 fully saturated rings. The predicted octanol–water partition coefficient (Wildman–Crippen LogP) is 1.75. The van der Waals surface area contributed by atoms with Crippen LogP contribution in [0, 0.1) is 13.8 Å². The molecule has 0 spiro atoms. The topological polar surface area (TPSA) is 26.9 Å². The fraction of sp³-hybridized carbons (Fsp3) is 0.308. The minimum Gasteiger partial charge on any atom is -0.844 e. The molecular formula is C13H15NOS. The number of nitrogens with zero attached hydrogens (tertiary/aromatic N) is 1. The predicted molar refractivity (Wildman–Crippen MR) is 63.2 cm³/mol. The highest BCUT2D eigenvalue weighted by Crippen LogP contribution is 2.12. The maximum atomic E-state index is 12.0. The van der Waals surface area contributed by atoms with Crippen molar-refractivity contribution < 1.29 is 9.67 Å². The lowest BCUT2D eigenvalue weighted by Gasteiger charge is -2.18. The van der Waals surface area contributed by atoms with Crippen LogP contribution in [-0.2, 0) is 6.54 Å². The summed E-state index contributed by atoms with van der Waals surface area (Å²) >= 11 is 1.69. The third kappa shape index (κ3) is 2.31. The van der Waals surface area contributed by atoms with E-state index in [1.807, 2.05) is 40.4 Å². The molecule has 84 valence electrons. The van der Waals surface area contributed by atoms with Gasteiger partial charge in [0.2, 0.25) is 5.51 Å². The molecule has 0 amide bonds. The Hall–Kier alpha value is -1.19. The molecule has 2 rings (SSSR count). The average Bonchev–Trinajstić information content (AvgIpc) is 2.62. The van der Waals surface area contributed by atoms with Crippen LogP contribution in [0.2, 0.25) is 0 Å². The van der Waals surface area contributed by atoms with Gasteiger partial charge in [-0.15, -0.1) is 0 Å². The first kappa shape index (κ1) is 11.3. The van der Waals surface area contributed by atoms with Crippen LogP contribution < -0.4 is 9.67 Å². The highest BCUT2D eigenvalue weighted by Gasteiger charge is 2.13. The smallest absolute Gasteiger partial charge is 0.225 e. The molecule has 0 aliphatic rings. The molecule has 0 aliphatic heterocycles. The molecule has 2 aromatic rings. The van der Waals surface area contributed by atoms with Gasteiger partial charge in [-0.2, -0.15) is 4.57 Å². The van der Waals surface area contributed by atoms with Crippen LogP contribution >= 0.6 is 11.3 Å². The standard InChI is InChI=1S/C13H15NOS/c1-10-11(2)16-9-14(10)8-13(15)12-6-4-3-5-7-12/h3-7,9,13H,8H2,1-2H3. The van der Waals surface area contributed by atoms with Gasteiger partial charge in [-0.25, -0.2) is 0 Å². The van der Waals surface area contributed by atoms with E-state index in [2.05, 4.69) is 13.8 Å². The van der Waals surface area contributed by atoms with Gasteiger partial charge in [0.25, 0.3) is 0 Å². The zero-order valence-electron chi connectivity index (χ0n) is 9.51. The molecule has 1 aromatic carbocycles. The third-order valence-corrected chi connectivity index (χ3v) is 3.84. The molecule has 0 radical (unpaired) electrons. The van der Waals surface area contributed by atoms with Gasteiger partial charge in [-0.3, -0.25) is 0 Å². The number of benzene rings is 1. The van der Waals surface area contributed by atoms with E-state index in [1.54, 1.807) is 11.3 Å². The average molecular weight is 233 g/mol. The van der Waals surface area contributed by atoms with Crippen molar-refractivity contribution in [3.8, 4) is 0 Å². The van der Waals surface area contributed by atoms with Crippen LogP contribution in [0.3, 0.4) is 0 Å². The summed E-state index contributed by atoms with van der Waals surface area (Å²) in [6.45, 7) is 4.66. The first-order valence-electron chi connectivity index (χ1n) is 5.33. The van der Waals surface area contributed by atoms with Crippen molar-refractivity contribution in [1.29, 1.82) is 0 Å². The zero-order chi connectivity index (χ0) is 11.5. The van der Waals surface area contributed by atoms with Crippen molar-refractivity contribution in [2.24, 2.45) is 0 Å². The van der Waals surface area contributed by atoms with E-state index in [0.29, 0.717) is 6.54 Å². The van der Waals surface area contributed by atoms with Crippen molar-refractivity contribution in [3.63, 3.8) is 0 Å². The first-order valence-corrected chi connectivity index (χ1v) is 6.21. The van der Waals surface area contributed by atoms with Crippen molar-refractivity contribution in [1.82, 2.24) is 0 Å². The van der Waals surface area contributed by atoms with Gasteiger partial charge < -0.3 is 5.11 Å². The number of hydrogen-bond acceptors (Lipinski definition) is 2. The van der Waals surface area contributed by atoms with Crippen LogP contribution in [0.4, 0.5) is 0 Å². The Morgan fingerprint density at radius 1 is 1.25 bits per heavy atom. The van der Waals surface area contributed by atoms with Crippen LogP contribution in [0.1, 0.15) is 22.2 Å². The summed E-state index contributed by atoms with van der Waals surface area (Å²) < 4.78 is 2.05. The Labute approximate surface area is 99.8 Å². The Bertz CT molecular complexity index is 464. The highest BCUT2D eigenvalue weighted by molar-refractivity contribution is 7.09. The van der Waals surface area contributed by atoms with Crippen LogP contribution in [0.5, 0.6) is 0 Å². The fourth-order valence-electron chi connectivity index (χ4n) is 1.64. The number of aromatic nitrogens is 1. The molecule has 1 unspecified atom stereocenters. The van der Waals surface area contributed by atoms with Gasteiger partial charge in [-0.05, 0) is 13.0 Å². The van der Waals surface area contributed by atoms with Gasteiger partial charge in [0, 0.05) is 6.92 Å². The summed E-state index contributed by atoms with van der Waals surface area (Å²) in [5.74, 6) is 0. The minimum atomic E-state index is -0.682. The van der Waals surface area contributed by atoms with Crippen LogP contribution in [-0.4, -0.2) is 0 Å². The number of hydrogen-bond donors (Lipinski definition) is 0. The zero-order valence-corrected chi connectivity index (χ0v) is 10.3. The Kier molecular flexibility index (Phi) is 3.36. The Balaban J connectivity index is 2.14. The summed E-state index contributed by atoms with van der Waals surface area (Å²) in [6.07, 6.45) is -0.682. The molecule has 0 saturated heterocycles. The lowest BCUT2D eigenvalue weighted by molar-refractivity contribution is -0.725. The molecular weight excluding hydrogens is 218 g/mol. The second-order valence-corrected chi connectivity index (χ2v) is 4.98. The monoisotopic (exact) mass is 233 g/mol. The van der Waals surface area contributed by atoms with E-state index in [9.17, 15) is 5.11 Å². The highest BCUT2D eigenvalue weighted by atomic mass is 32.1. The molecule has 3 heteroatoms. The van der Waals surface area contributed by atoms with E-state index in [1.165, 1.54) is 10.6 Å². The molecule has 0 bridgehead atoms. The molecule has 0 aliphatic carbocycles. The number of thiazole rings is 1. The van der Waals surface area contributed by atoms with E-state index in [4.69, 9.17) is 0 Å². The normalized spacial score (nSPS) is 12.7. The SMILES string of the molecule is Cc1sc[n+](CC([O-])c2ccccc2)c1C. The van der Waals surface area contributed by atoms with Crippen molar-refractivity contribution in [3.05, 3.63) is 52.0 Å². The molecule has 1 aromatic heterocycles. The molecule has 0 N–H and O–H groups in total. The quantitative estimate of drug-likeness (QED) is 0.742. The maximum absolute atomic E-state index is 12.0. The third-order valence-electron chi connectivity index (χ3n) is 2.83. The number of rotatable bonds is 3. The number of aryl methyl sites for hydroxylation is 1. The van der Waals surface area contributed by atoms with Gasteiger partial charge in [0.15, 0.2) is 5.69 Å². The van der Waals surface area contributed by atoms with E-state index in [0.717, 1.165) is 5.56 Å². The molecule has 1 atom stereocenters. The molecule has 2 nitrogen and oxygen atoms in total. The molecule has 16 heavy (non-hydrogen) atoms. The van der Waals surface area contributed by atoms with E-state index >= 15 is 0 Å². The van der Waals surface area contributed by atoms with Crippen LogP contribution in [0.25, 0.3) is 0 Å². The fourth-order valence-corrected chi connectivity index (χ4v) is 2.46. The Morgan fingerprint density at radius 3 is 2.50 bits per heavy atom.